The summed E-state index contributed by atoms with van der Waals surface area (Å²) in [4.78, 5) is 15.0. The number of amides is 1. The molecule has 1 aliphatic carbocycles. The minimum Gasteiger partial charge on any atom is -0.444 e. The number of H-pyrrole nitrogens is 1. The molecule has 3 rings (SSSR count). The van der Waals surface area contributed by atoms with Crippen LogP contribution >= 0.6 is 11.6 Å². The van der Waals surface area contributed by atoms with Gasteiger partial charge in [-0.3, -0.25) is 0 Å². The molecule has 0 aliphatic heterocycles. The third-order valence-electron chi connectivity index (χ3n) is 3.75. The van der Waals surface area contributed by atoms with Crippen molar-refractivity contribution in [1.29, 1.82) is 0 Å². The Balaban J connectivity index is 1.50. The number of hydrogen-bond donors (Lipinski definition) is 3. The van der Waals surface area contributed by atoms with Crippen LogP contribution in [0.4, 0.5) is 4.79 Å². The average molecular weight is 336 g/mol. The van der Waals surface area contributed by atoms with Crippen LogP contribution in [0.15, 0.2) is 24.3 Å². The van der Waals surface area contributed by atoms with Gasteiger partial charge in [-0.25, -0.2) is 4.79 Å². The van der Waals surface area contributed by atoms with Gasteiger partial charge in [0, 0.05) is 35.2 Å². The van der Waals surface area contributed by atoms with Crippen LogP contribution in [-0.4, -0.2) is 28.8 Å². The topological polar surface area (TPSA) is 66.2 Å². The standard InChI is InChI=1S/C17H22ClN3O2/c1-17(2,3)23-16(22)21-13-8-12(13)19-9-14-15(18)10-6-4-5-7-11(10)20-14/h4-7,12-13,19-20H,8-9H2,1-3H3,(H,21,22). The fourth-order valence-electron chi connectivity index (χ4n) is 2.56. The SMILES string of the molecule is CC(C)(C)OC(=O)NC1CC1NCc1[nH]c2ccccc2c1Cl. The molecule has 124 valence electrons. The Morgan fingerprint density at radius 2 is 2.09 bits per heavy atom. The van der Waals surface area contributed by atoms with Crippen molar-refractivity contribution in [3.8, 4) is 0 Å². The van der Waals surface area contributed by atoms with E-state index in [1.54, 1.807) is 0 Å². The molecule has 0 saturated heterocycles. The Kier molecular flexibility index (Phi) is 4.25. The van der Waals surface area contributed by atoms with Gasteiger partial charge in [0.05, 0.1) is 5.02 Å². The molecule has 0 spiro atoms. The number of aromatic nitrogens is 1. The maximum Gasteiger partial charge on any atom is 0.407 e. The van der Waals surface area contributed by atoms with Crippen LogP contribution < -0.4 is 10.6 Å². The van der Waals surface area contributed by atoms with Crippen molar-refractivity contribution in [2.45, 2.75) is 51.4 Å². The summed E-state index contributed by atoms with van der Waals surface area (Å²) in [6.45, 7) is 6.21. The lowest BCUT2D eigenvalue weighted by Gasteiger charge is -2.19. The molecule has 3 N–H and O–H groups in total. The summed E-state index contributed by atoms with van der Waals surface area (Å²) in [6.07, 6.45) is 0.535. The van der Waals surface area contributed by atoms with Gasteiger partial charge >= 0.3 is 6.09 Å². The number of halogens is 1. The van der Waals surface area contributed by atoms with Crippen LogP contribution in [-0.2, 0) is 11.3 Å². The van der Waals surface area contributed by atoms with Gasteiger partial charge in [0.2, 0.25) is 0 Å². The van der Waals surface area contributed by atoms with Crippen molar-refractivity contribution in [3.63, 3.8) is 0 Å². The van der Waals surface area contributed by atoms with Crippen LogP contribution in [0, 0.1) is 0 Å². The first-order valence-corrected chi connectivity index (χ1v) is 8.19. The molecule has 1 heterocycles. The number of hydrogen-bond acceptors (Lipinski definition) is 3. The molecule has 0 bridgehead atoms. The van der Waals surface area contributed by atoms with E-state index in [0.29, 0.717) is 6.54 Å². The van der Waals surface area contributed by atoms with E-state index in [2.05, 4.69) is 15.6 Å². The number of alkyl carbamates (subject to hydrolysis) is 1. The summed E-state index contributed by atoms with van der Waals surface area (Å²) in [5.74, 6) is 0. The van der Waals surface area contributed by atoms with E-state index in [4.69, 9.17) is 16.3 Å². The van der Waals surface area contributed by atoms with E-state index in [0.717, 1.165) is 28.0 Å². The number of rotatable bonds is 4. The van der Waals surface area contributed by atoms with Gasteiger partial charge in [0.1, 0.15) is 5.60 Å². The van der Waals surface area contributed by atoms with E-state index >= 15 is 0 Å². The molecule has 1 saturated carbocycles. The lowest BCUT2D eigenvalue weighted by molar-refractivity contribution is 0.0522. The number of ether oxygens (including phenoxy) is 1. The number of carbonyl (C=O) groups excluding carboxylic acids is 1. The summed E-state index contributed by atoms with van der Waals surface area (Å²) in [5.41, 5.74) is 1.53. The van der Waals surface area contributed by atoms with E-state index in [1.807, 2.05) is 45.0 Å². The number of para-hydroxylation sites is 1. The molecule has 23 heavy (non-hydrogen) atoms. The third kappa shape index (κ3) is 3.98. The van der Waals surface area contributed by atoms with Crippen LogP contribution in [0.1, 0.15) is 32.9 Å². The molecule has 2 unspecified atom stereocenters. The summed E-state index contributed by atoms with van der Waals surface area (Å²) < 4.78 is 5.25. The first-order chi connectivity index (χ1) is 10.8. The van der Waals surface area contributed by atoms with Gasteiger partial charge in [0.25, 0.3) is 0 Å². The lowest BCUT2D eigenvalue weighted by atomic mass is 10.2. The first kappa shape index (κ1) is 16.1. The number of benzene rings is 1. The van der Waals surface area contributed by atoms with Crippen LogP contribution in [0.2, 0.25) is 5.02 Å². The quantitative estimate of drug-likeness (QED) is 0.800. The molecule has 1 amide bonds. The molecule has 2 aromatic rings. The minimum atomic E-state index is -0.472. The van der Waals surface area contributed by atoms with Crippen molar-refractivity contribution in [1.82, 2.24) is 15.6 Å². The molecular weight excluding hydrogens is 314 g/mol. The highest BCUT2D eigenvalue weighted by atomic mass is 35.5. The van der Waals surface area contributed by atoms with Gasteiger partial charge in [-0.2, -0.15) is 0 Å². The monoisotopic (exact) mass is 335 g/mol. The molecule has 6 heteroatoms. The van der Waals surface area contributed by atoms with Crippen molar-refractivity contribution in [2.75, 3.05) is 0 Å². The molecule has 0 radical (unpaired) electrons. The summed E-state index contributed by atoms with van der Waals surface area (Å²) >= 11 is 6.39. The molecule has 1 aromatic heterocycles. The van der Waals surface area contributed by atoms with Crippen LogP contribution in [0.5, 0.6) is 0 Å². The highest BCUT2D eigenvalue weighted by Gasteiger charge is 2.39. The number of fused-ring (bicyclic) bond motifs is 1. The number of nitrogens with one attached hydrogen (secondary N) is 3. The van der Waals surface area contributed by atoms with E-state index in [-0.39, 0.29) is 18.2 Å². The maximum absolute atomic E-state index is 11.7. The van der Waals surface area contributed by atoms with Gasteiger partial charge in [-0.15, -0.1) is 0 Å². The molecule has 5 nitrogen and oxygen atoms in total. The maximum atomic E-state index is 11.7. The Labute approximate surface area is 140 Å². The molecule has 1 aliphatic rings. The van der Waals surface area contributed by atoms with Crippen LogP contribution in [0.3, 0.4) is 0 Å². The molecular formula is C17H22ClN3O2. The van der Waals surface area contributed by atoms with E-state index in [9.17, 15) is 4.79 Å². The van der Waals surface area contributed by atoms with E-state index < -0.39 is 5.60 Å². The van der Waals surface area contributed by atoms with Crippen LogP contribution in [0.25, 0.3) is 10.9 Å². The highest BCUT2D eigenvalue weighted by molar-refractivity contribution is 6.36. The summed E-state index contributed by atoms with van der Waals surface area (Å²) in [5, 5.41) is 8.07. The zero-order chi connectivity index (χ0) is 16.6. The second-order valence-electron chi connectivity index (χ2n) is 6.94. The predicted molar refractivity (Wildman–Crippen MR) is 91.7 cm³/mol. The van der Waals surface area contributed by atoms with Crippen molar-refractivity contribution in [2.24, 2.45) is 0 Å². The van der Waals surface area contributed by atoms with Crippen molar-refractivity contribution >= 4 is 28.6 Å². The molecule has 2 atom stereocenters. The Hall–Kier alpha value is -1.72. The van der Waals surface area contributed by atoms with Crippen molar-refractivity contribution in [3.05, 3.63) is 35.0 Å². The molecule has 1 fully saturated rings. The first-order valence-electron chi connectivity index (χ1n) is 7.81. The third-order valence-corrected chi connectivity index (χ3v) is 4.18. The van der Waals surface area contributed by atoms with Gasteiger partial charge < -0.3 is 20.4 Å². The van der Waals surface area contributed by atoms with Gasteiger partial charge in [-0.05, 0) is 33.3 Å². The van der Waals surface area contributed by atoms with Gasteiger partial charge in [-0.1, -0.05) is 29.8 Å². The Morgan fingerprint density at radius 1 is 1.35 bits per heavy atom. The second kappa shape index (κ2) is 6.06. The summed E-state index contributed by atoms with van der Waals surface area (Å²) in [6, 6.07) is 8.34. The number of aromatic amines is 1. The number of carbonyl (C=O) groups is 1. The minimum absolute atomic E-state index is 0.119. The fourth-order valence-corrected chi connectivity index (χ4v) is 2.84. The fraction of sp³-hybridized carbons (Fsp3) is 0.471. The van der Waals surface area contributed by atoms with E-state index in [1.165, 1.54) is 0 Å². The second-order valence-corrected chi connectivity index (χ2v) is 7.32. The summed E-state index contributed by atoms with van der Waals surface area (Å²) in [7, 11) is 0. The smallest absolute Gasteiger partial charge is 0.407 e. The van der Waals surface area contributed by atoms with Gasteiger partial charge in [0.15, 0.2) is 0 Å². The Bertz CT molecular complexity index is 720. The van der Waals surface area contributed by atoms with Crippen molar-refractivity contribution < 1.29 is 9.53 Å². The largest absolute Gasteiger partial charge is 0.444 e. The average Bonchev–Trinajstić information content (AvgIpc) is 3.10. The zero-order valence-electron chi connectivity index (χ0n) is 13.6. The lowest BCUT2D eigenvalue weighted by Crippen LogP contribution is -2.36. The normalized spacial score (nSPS) is 20.5. The zero-order valence-corrected chi connectivity index (χ0v) is 14.3. The Morgan fingerprint density at radius 3 is 2.78 bits per heavy atom. The highest BCUT2D eigenvalue weighted by Crippen LogP contribution is 2.28. The predicted octanol–water partition coefficient (Wildman–Crippen LogP) is 3.58. The molecule has 1 aromatic carbocycles.